The van der Waals surface area contributed by atoms with E-state index in [-0.39, 0.29) is 0 Å². The Morgan fingerprint density at radius 1 is 0.941 bits per heavy atom. The van der Waals surface area contributed by atoms with Crippen molar-refractivity contribution >= 4 is 0 Å². The van der Waals surface area contributed by atoms with E-state index in [9.17, 15) is 0 Å². The summed E-state index contributed by atoms with van der Waals surface area (Å²) in [5.74, 6) is 2.84. The summed E-state index contributed by atoms with van der Waals surface area (Å²) in [4.78, 5) is 0. The van der Waals surface area contributed by atoms with Crippen LogP contribution in [0.2, 0.25) is 0 Å². The Morgan fingerprint density at radius 3 is 2.41 bits per heavy atom. The van der Waals surface area contributed by atoms with E-state index in [4.69, 9.17) is 0 Å². The second-order valence-corrected chi connectivity index (χ2v) is 6.67. The molecule has 0 amide bonds. The number of hydrogen-bond acceptors (Lipinski definition) is 1. The van der Waals surface area contributed by atoms with Gasteiger partial charge in [0, 0.05) is 12.1 Å². The van der Waals surface area contributed by atoms with Gasteiger partial charge in [0.15, 0.2) is 0 Å². The first-order chi connectivity index (χ1) is 8.20. The van der Waals surface area contributed by atoms with Gasteiger partial charge in [-0.2, -0.15) is 0 Å². The van der Waals surface area contributed by atoms with E-state index in [1.165, 1.54) is 51.4 Å². The molecule has 1 heteroatoms. The lowest BCUT2D eigenvalue weighted by Gasteiger charge is -2.26. The van der Waals surface area contributed by atoms with Crippen LogP contribution in [0, 0.1) is 17.8 Å². The van der Waals surface area contributed by atoms with Crippen molar-refractivity contribution in [1.82, 2.24) is 5.32 Å². The van der Waals surface area contributed by atoms with E-state index < -0.39 is 0 Å². The fraction of sp³-hybridized carbons (Fsp3) is 1.00. The summed E-state index contributed by atoms with van der Waals surface area (Å²) >= 11 is 0. The van der Waals surface area contributed by atoms with Gasteiger partial charge in [-0.05, 0) is 49.9 Å². The lowest BCUT2D eigenvalue weighted by molar-refractivity contribution is 0.319. The number of rotatable bonds is 3. The minimum absolute atomic E-state index is 0.813. The van der Waals surface area contributed by atoms with Crippen LogP contribution >= 0.6 is 0 Å². The number of hydrogen-bond donors (Lipinski definition) is 1. The van der Waals surface area contributed by atoms with Crippen molar-refractivity contribution in [3.05, 3.63) is 0 Å². The smallest absolute Gasteiger partial charge is 0.00979 e. The van der Waals surface area contributed by atoms with Crippen LogP contribution in [0.3, 0.4) is 0 Å². The molecular weight excluding hydrogens is 206 g/mol. The van der Waals surface area contributed by atoms with E-state index in [0.29, 0.717) is 0 Å². The molecule has 0 aromatic heterocycles. The van der Waals surface area contributed by atoms with Gasteiger partial charge in [-0.1, -0.05) is 40.0 Å². The SMILES string of the molecule is CCC1CCCC(NC2CCC(C)C2C)CC1. The van der Waals surface area contributed by atoms with E-state index >= 15 is 0 Å². The fourth-order valence-electron chi connectivity index (χ4n) is 3.86. The molecule has 0 heterocycles. The van der Waals surface area contributed by atoms with E-state index in [1.807, 2.05) is 0 Å². The second-order valence-electron chi connectivity index (χ2n) is 6.67. The highest BCUT2D eigenvalue weighted by Crippen LogP contribution is 2.33. The third-order valence-corrected chi connectivity index (χ3v) is 5.58. The van der Waals surface area contributed by atoms with E-state index in [2.05, 4.69) is 26.1 Å². The van der Waals surface area contributed by atoms with Gasteiger partial charge in [-0.15, -0.1) is 0 Å². The van der Waals surface area contributed by atoms with Crippen molar-refractivity contribution < 1.29 is 0 Å². The van der Waals surface area contributed by atoms with E-state index in [0.717, 1.165) is 29.8 Å². The Hall–Kier alpha value is -0.0400. The normalized spacial score (nSPS) is 43.6. The Balaban J connectivity index is 1.79. The van der Waals surface area contributed by atoms with Crippen molar-refractivity contribution in [2.75, 3.05) is 0 Å². The summed E-state index contributed by atoms with van der Waals surface area (Å²) in [5, 5.41) is 3.98. The van der Waals surface area contributed by atoms with Crippen LogP contribution < -0.4 is 5.32 Å². The predicted octanol–water partition coefficient (Wildman–Crippen LogP) is 4.37. The molecule has 0 bridgehead atoms. The standard InChI is InChI=1S/C16H31N/c1-4-14-6-5-7-15(10-9-14)17-16-11-8-12(2)13(16)3/h12-17H,4-11H2,1-3H3. The highest BCUT2D eigenvalue weighted by Gasteiger charge is 2.31. The van der Waals surface area contributed by atoms with Crippen molar-refractivity contribution in [1.29, 1.82) is 0 Å². The Morgan fingerprint density at radius 2 is 1.76 bits per heavy atom. The molecule has 0 radical (unpaired) electrons. The summed E-state index contributed by atoms with van der Waals surface area (Å²) in [7, 11) is 0. The molecule has 0 aromatic rings. The van der Waals surface area contributed by atoms with Crippen molar-refractivity contribution in [2.24, 2.45) is 17.8 Å². The van der Waals surface area contributed by atoms with Crippen LogP contribution in [0.15, 0.2) is 0 Å². The first-order valence-electron chi connectivity index (χ1n) is 7.96. The summed E-state index contributed by atoms with van der Waals surface area (Å²) in [5.41, 5.74) is 0. The molecule has 0 saturated heterocycles. The molecule has 2 rings (SSSR count). The molecular formula is C16H31N. The number of nitrogens with one attached hydrogen (secondary N) is 1. The summed E-state index contributed by atoms with van der Waals surface area (Å²) in [6.45, 7) is 7.23. The zero-order chi connectivity index (χ0) is 12.3. The molecule has 0 spiro atoms. The maximum absolute atomic E-state index is 3.98. The molecule has 2 aliphatic rings. The molecule has 17 heavy (non-hydrogen) atoms. The monoisotopic (exact) mass is 237 g/mol. The summed E-state index contributed by atoms with van der Waals surface area (Å²) < 4.78 is 0. The molecule has 0 aromatic carbocycles. The van der Waals surface area contributed by atoms with Crippen LogP contribution in [0.1, 0.15) is 72.1 Å². The zero-order valence-corrected chi connectivity index (χ0v) is 12.0. The van der Waals surface area contributed by atoms with Gasteiger partial charge >= 0.3 is 0 Å². The average molecular weight is 237 g/mol. The largest absolute Gasteiger partial charge is 0.311 e. The molecule has 5 unspecified atom stereocenters. The van der Waals surface area contributed by atoms with Gasteiger partial charge in [0.25, 0.3) is 0 Å². The van der Waals surface area contributed by atoms with Gasteiger partial charge in [-0.3, -0.25) is 0 Å². The minimum Gasteiger partial charge on any atom is -0.311 e. The highest BCUT2D eigenvalue weighted by atomic mass is 15.0. The van der Waals surface area contributed by atoms with Crippen molar-refractivity contribution in [3.63, 3.8) is 0 Å². The maximum atomic E-state index is 3.98. The third kappa shape index (κ3) is 3.47. The Labute approximate surface area is 108 Å². The summed E-state index contributed by atoms with van der Waals surface area (Å²) in [6, 6.07) is 1.64. The van der Waals surface area contributed by atoms with Crippen molar-refractivity contribution in [2.45, 2.75) is 84.2 Å². The van der Waals surface area contributed by atoms with Crippen LogP contribution in [0.25, 0.3) is 0 Å². The van der Waals surface area contributed by atoms with Crippen LogP contribution in [0.5, 0.6) is 0 Å². The fourth-order valence-corrected chi connectivity index (χ4v) is 3.86. The lowest BCUT2D eigenvalue weighted by Crippen LogP contribution is -2.40. The van der Waals surface area contributed by atoms with Gasteiger partial charge in [0.1, 0.15) is 0 Å². The average Bonchev–Trinajstić information content (AvgIpc) is 2.58. The predicted molar refractivity (Wildman–Crippen MR) is 75.1 cm³/mol. The van der Waals surface area contributed by atoms with Gasteiger partial charge in [0.05, 0.1) is 0 Å². The van der Waals surface area contributed by atoms with Crippen LogP contribution in [-0.2, 0) is 0 Å². The zero-order valence-electron chi connectivity index (χ0n) is 12.0. The first kappa shape index (κ1) is 13.4. The quantitative estimate of drug-likeness (QED) is 0.719. The maximum Gasteiger partial charge on any atom is 0.00979 e. The molecule has 1 N–H and O–H groups in total. The lowest BCUT2D eigenvalue weighted by atomic mass is 9.96. The first-order valence-corrected chi connectivity index (χ1v) is 7.96. The molecule has 100 valence electrons. The van der Waals surface area contributed by atoms with Crippen LogP contribution in [0.4, 0.5) is 0 Å². The molecule has 2 aliphatic carbocycles. The molecule has 2 fully saturated rings. The van der Waals surface area contributed by atoms with E-state index in [1.54, 1.807) is 0 Å². The third-order valence-electron chi connectivity index (χ3n) is 5.58. The van der Waals surface area contributed by atoms with Gasteiger partial charge < -0.3 is 5.32 Å². The minimum atomic E-state index is 0.813. The highest BCUT2D eigenvalue weighted by molar-refractivity contribution is 4.88. The Kier molecular flexibility index (Phi) is 4.90. The molecule has 5 atom stereocenters. The van der Waals surface area contributed by atoms with Crippen LogP contribution in [-0.4, -0.2) is 12.1 Å². The van der Waals surface area contributed by atoms with Crippen molar-refractivity contribution in [3.8, 4) is 0 Å². The Bertz CT molecular complexity index is 226. The van der Waals surface area contributed by atoms with Gasteiger partial charge in [0.2, 0.25) is 0 Å². The summed E-state index contributed by atoms with van der Waals surface area (Å²) in [6.07, 6.45) is 11.5. The second kappa shape index (κ2) is 6.22. The molecule has 0 aliphatic heterocycles. The topological polar surface area (TPSA) is 12.0 Å². The van der Waals surface area contributed by atoms with Gasteiger partial charge in [-0.25, -0.2) is 0 Å². The molecule has 1 nitrogen and oxygen atoms in total. The molecule has 2 saturated carbocycles.